The Balaban J connectivity index is 1.54. The van der Waals surface area contributed by atoms with Crippen LogP contribution in [0.5, 0.6) is 5.75 Å². The van der Waals surface area contributed by atoms with Crippen molar-refractivity contribution >= 4 is 17.5 Å². The Hall–Kier alpha value is -3.21. The Bertz CT molecular complexity index is 1050. The van der Waals surface area contributed by atoms with Crippen LogP contribution in [0.25, 0.3) is 0 Å². The maximum absolute atomic E-state index is 13.0. The Morgan fingerprint density at radius 1 is 1.35 bits per heavy atom. The first-order valence-corrected chi connectivity index (χ1v) is 9.45. The number of fused-ring (bicyclic) bond motifs is 2. The van der Waals surface area contributed by atoms with Gasteiger partial charge in [0.15, 0.2) is 0 Å². The van der Waals surface area contributed by atoms with E-state index in [1.165, 1.54) is 18.0 Å². The van der Waals surface area contributed by atoms with Crippen molar-refractivity contribution < 1.29 is 32.2 Å². The number of halogens is 3. The van der Waals surface area contributed by atoms with E-state index in [1.54, 1.807) is 31.3 Å². The number of alkyl halides is 3. The van der Waals surface area contributed by atoms with Gasteiger partial charge in [0.05, 0.1) is 24.4 Å². The van der Waals surface area contributed by atoms with E-state index in [-0.39, 0.29) is 24.7 Å². The van der Waals surface area contributed by atoms with Crippen LogP contribution in [0.1, 0.15) is 35.2 Å². The minimum atomic E-state index is -4.48. The number of aromatic nitrogens is 2. The second-order valence-electron chi connectivity index (χ2n) is 7.58. The Kier molecular flexibility index (Phi) is 5.08. The van der Waals surface area contributed by atoms with Crippen molar-refractivity contribution in [2.75, 3.05) is 18.6 Å². The third-order valence-corrected chi connectivity index (χ3v) is 5.22. The summed E-state index contributed by atoms with van der Waals surface area (Å²) >= 11 is 0. The maximum Gasteiger partial charge on any atom is 0.392 e. The van der Waals surface area contributed by atoms with Gasteiger partial charge in [0.25, 0.3) is 11.8 Å². The van der Waals surface area contributed by atoms with Gasteiger partial charge >= 0.3 is 6.18 Å². The molecule has 1 N–H and O–H groups in total. The number of para-hydroxylation sites is 2. The normalized spacial score (nSPS) is 22.9. The third-order valence-electron chi connectivity index (χ3n) is 5.22. The molecule has 0 fully saturated rings. The maximum atomic E-state index is 13.0. The van der Waals surface area contributed by atoms with Gasteiger partial charge in [0, 0.05) is 18.8 Å². The molecule has 2 amide bonds. The highest BCUT2D eigenvalue weighted by atomic mass is 19.4. The van der Waals surface area contributed by atoms with Crippen LogP contribution in [0, 0.1) is 0 Å². The number of benzene rings is 1. The van der Waals surface area contributed by atoms with E-state index in [2.05, 4.69) is 15.3 Å². The second-order valence-corrected chi connectivity index (χ2v) is 7.58. The molecule has 0 aliphatic carbocycles. The minimum Gasteiger partial charge on any atom is -0.489 e. The lowest BCUT2D eigenvalue weighted by Crippen LogP contribution is -2.49. The number of nitrogens with one attached hydrogen (secondary N) is 1. The molecule has 1 aromatic heterocycles. The van der Waals surface area contributed by atoms with Gasteiger partial charge in [-0.05, 0) is 19.1 Å². The molecular formula is C20H19F3N4O4. The zero-order valence-corrected chi connectivity index (χ0v) is 16.7. The number of anilines is 1. The highest BCUT2D eigenvalue weighted by Gasteiger charge is 2.47. The van der Waals surface area contributed by atoms with Crippen LogP contribution in [0.4, 0.5) is 18.9 Å². The highest BCUT2D eigenvalue weighted by Crippen LogP contribution is 2.42. The quantitative estimate of drug-likeness (QED) is 0.794. The van der Waals surface area contributed by atoms with E-state index in [9.17, 15) is 22.8 Å². The summed E-state index contributed by atoms with van der Waals surface area (Å²) in [6, 6.07) is 5.90. The Morgan fingerprint density at radius 2 is 2.10 bits per heavy atom. The summed E-state index contributed by atoms with van der Waals surface area (Å²) in [5.74, 6) is -1.08. The van der Waals surface area contributed by atoms with E-state index in [0.29, 0.717) is 17.0 Å². The fraction of sp³-hybridized carbons (Fsp3) is 0.400. The lowest BCUT2D eigenvalue weighted by molar-refractivity contribution is -0.185. The molecule has 0 saturated heterocycles. The SMILES string of the molecule is CN1C(=O)C(NC(=O)c2ncc3c(n2)[C@@](C)(CC(F)(F)F)OC3)COc2ccccc21. The van der Waals surface area contributed by atoms with Gasteiger partial charge in [-0.2, -0.15) is 13.2 Å². The van der Waals surface area contributed by atoms with Gasteiger partial charge in [-0.25, -0.2) is 9.97 Å². The molecule has 4 rings (SSSR count). The summed E-state index contributed by atoms with van der Waals surface area (Å²) in [4.78, 5) is 34.8. The average molecular weight is 436 g/mol. The minimum absolute atomic E-state index is 0.0120. The van der Waals surface area contributed by atoms with Crippen LogP contribution < -0.4 is 15.0 Å². The largest absolute Gasteiger partial charge is 0.489 e. The van der Waals surface area contributed by atoms with E-state index >= 15 is 0 Å². The van der Waals surface area contributed by atoms with Crippen LogP contribution in [-0.4, -0.2) is 47.7 Å². The number of hydrogen-bond donors (Lipinski definition) is 1. The molecule has 2 aromatic rings. The van der Waals surface area contributed by atoms with Crippen molar-refractivity contribution in [3.05, 3.63) is 47.5 Å². The van der Waals surface area contributed by atoms with Crippen molar-refractivity contribution in [2.45, 2.75) is 37.8 Å². The number of rotatable bonds is 3. The van der Waals surface area contributed by atoms with E-state index in [4.69, 9.17) is 9.47 Å². The van der Waals surface area contributed by atoms with Crippen LogP contribution in [0.2, 0.25) is 0 Å². The van der Waals surface area contributed by atoms with Crippen LogP contribution in [0.3, 0.4) is 0 Å². The van der Waals surface area contributed by atoms with Gasteiger partial charge in [-0.3, -0.25) is 9.59 Å². The molecule has 2 atom stereocenters. The van der Waals surface area contributed by atoms with Crippen molar-refractivity contribution in [3.63, 3.8) is 0 Å². The van der Waals surface area contributed by atoms with E-state index in [1.807, 2.05) is 0 Å². The number of amides is 2. The van der Waals surface area contributed by atoms with E-state index in [0.717, 1.165) is 0 Å². The molecule has 0 bridgehead atoms. The summed E-state index contributed by atoms with van der Waals surface area (Å²) in [7, 11) is 1.56. The summed E-state index contributed by atoms with van der Waals surface area (Å²) in [5.41, 5.74) is -0.766. The van der Waals surface area contributed by atoms with E-state index < -0.39 is 36.1 Å². The van der Waals surface area contributed by atoms with Crippen molar-refractivity contribution in [1.82, 2.24) is 15.3 Å². The number of likely N-dealkylation sites (N-methyl/N-ethyl adjacent to an activating group) is 1. The summed E-state index contributed by atoms with van der Waals surface area (Å²) in [6.45, 7) is 1.07. The first-order chi connectivity index (χ1) is 14.6. The van der Waals surface area contributed by atoms with Gasteiger partial charge in [-0.1, -0.05) is 12.1 Å². The molecule has 2 aliphatic heterocycles. The lowest BCUT2D eigenvalue weighted by Gasteiger charge is -2.25. The molecule has 8 nitrogen and oxygen atoms in total. The zero-order chi connectivity index (χ0) is 22.4. The monoisotopic (exact) mass is 436 g/mol. The summed E-state index contributed by atoms with van der Waals surface area (Å²) < 4.78 is 49.9. The molecule has 0 saturated carbocycles. The molecule has 11 heteroatoms. The molecule has 0 spiro atoms. The number of carbonyl (C=O) groups excluding carboxylic acids is 2. The molecule has 164 valence electrons. The first kappa shape index (κ1) is 21.0. The molecule has 0 radical (unpaired) electrons. The van der Waals surface area contributed by atoms with Crippen molar-refractivity contribution in [2.24, 2.45) is 0 Å². The van der Waals surface area contributed by atoms with Crippen LogP contribution >= 0.6 is 0 Å². The number of nitrogens with zero attached hydrogens (tertiary/aromatic N) is 3. The molecule has 31 heavy (non-hydrogen) atoms. The molecular weight excluding hydrogens is 417 g/mol. The smallest absolute Gasteiger partial charge is 0.392 e. The Morgan fingerprint density at radius 3 is 2.84 bits per heavy atom. The topological polar surface area (TPSA) is 93.7 Å². The molecule has 1 aromatic carbocycles. The third kappa shape index (κ3) is 4.05. The van der Waals surface area contributed by atoms with Gasteiger partial charge in [-0.15, -0.1) is 0 Å². The Labute approximate surface area is 175 Å². The zero-order valence-electron chi connectivity index (χ0n) is 16.7. The van der Waals surface area contributed by atoms with Crippen LogP contribution in [-0.2, 0) is 21.7 Å². The number of carbonyl (C=O) groups is 2. The highest BCUT2D eigenvalue weighted by molar-refractivity contribution is 6.02. The fourth-order valence-electron chi connectivity index (χ4n) is 3.68. The summed E-state index contributed by atoms with van der Waals surface area (Å²) in [5, 5.41) is 2.51. The van der Waals surface area contributed by atoms with Crippen molar-refractivity contribution in [1.29, 1.82) is 0 Å². The van der Waals surface area contributed by atoms with Gasteiger partial charge in [0.2, 0.25) is 5.82 Å². The lowest BCUT2D eigenvalue weighted by atomic mass is 9.96. The fourth-order valence-corrected chi connectivity index (χ4v) is 3.68. The predicted molar refractivity (Wildman–Crippen MR) is 101 cm³/mol. The standard InChI is InChI=1S/C20H19F3N4O4/c1-19(10-20(21,22)23)15-11(8-31-19)7-24-16(26-15)17(28)25-12-9-30-14-6-4-3-5-13(14)27(2)18(12)29/h3-7,12H,8-10H2,1-2H3,(H,25,28)/t12?,19-/m1/s1. The molecule has 2 aliphatic rings. The van der Waals surface area contributed by atoms with Gasteiger partial charge in [0.1, 0.15) is 24.0 Å². The second kappa shape index (κ2) is 7.49. The van der Waals surface area contributed by atoms with Crippen LogP contribution in [0.15, 0.2) is 30.5 Å². The van der Waals surface area contributed by atoms with Crippen molar-refractivity contribution in [3.8, 4) is 5.75 Å². The summed E-state index contributed by atoms with van der Waals surface area (Å²) in [6.07, 6.45) is -4.46. The molecule has 3 heterocycles. The number of hydrogen-bond acceptors (Lipinski definition) is 6. The molecule has 1 unspecified atom stereocenters. The average Bonchev–Trinajstić information content (AvgIpc) is 2.98. The predicted octanol–water partition coefficient (Wildman–Crippen LogP) is 2.33. The number of ether oxygens (including phenoxy) is 2. The first-order valence-electron chi connectivity index (χ1n) is 9.45. The van der Waals surface area contributed by atoms with Gasteiger partial charge < -0.3 is 19.7 Å².